The zero-order valence-corrected chi connectivity index (χ0v) is 11.7. The molecule has 0 spiro atoms. The minimum absolute atomic E-state index is 0.236. The van der Waals surface area contributed by atoms with Crippen molar-refractivity contribution >= 4 is 0 Å². The molecule has 1 atom stereocenters. The zero-order valence-electron chi connectivity index (χ0n) is 11.7. The number of ether oxygens (including phenoxy) is 2. The molecule has 3 rings (SSSR count). The van der Waals surface area contributed by atoms with Crippen molar-refractivity contribution in [3.05, 3.63) is 42.0 Å². The normalized spacial score (nSPS) is 19.2. The van der Waals surface area contributed by atoms with Crippen molar-refractivity contribution in [3.63, 3.8) is 0 Å². The molecule has 5 nitrogen and oxygen atoms in total. The van der Waals surface area contributed by atoms with Crippen LogP contribution in [0.4, 0.5) is 0 Å². The Morgan fingerprint density at radius 2 is 2.05 bits per heavy atom. The maximum atomic E-state index is 5.94. The van der Waals surface area contributed by atoms with Gasteiger partial charge in [-0.15, -0.1) is 0 Å². The lowest BCUT2D eigenvalue weighted by Gasteiger charge is -2.22. The van der Waals surface area contributed by atoms with Crippen molar-refractivity contribution in [3.8, 4) is 5.75 Å². The highest BCUT2D eigenvalue weighted by atomic mass is 16.5. The average Bonchev–Trinajstić information content (AvgIpc) is 3.11. The molecule has 1 aliphatic heterocycles. The second-order valence-electron chi connectivity index (χ2n) is 5.44. The lowest BCUT2D eigenvalue weighted by atomic mass is 10.1. The highest BCUT2D eigenvalue weighted by Gasteiger charge is 2.32. The van der Waals surface area contributed by atoms with Crippen LogP contribution in [0.1, 0.15) is 37.9 Å². The molecule has 0 amide bonds. The van der Waals surface area contributed by atoms with Gasteiger partial charge in [-0.3, -0.25) is 0 Å². The lowest BCUT2D eigenvalue weighted by Crippen LogP contribution is -2.25. The van der Waals surface area contributed by atoms with Crippen LogP contribution in [0.25, 0.3) is 0 Å². The summed E-state index contributed by atoms with van der Waals surface area (Å²) in [6.45, 7) is 5.27. The summed E-state index contributed by atoms with van der Waals surface area (Å²) in [5.74, 6) is 2.21. The van der Waals surface area contributed by atoms with Crippen LogP contribution >= 0.6 is 0 Å². The molecular weight excluding hydrogens is 256 g/mol. The quantitative estimate of drug-likeness (QED) is 0.858. The van der Waals surface area contributed by atoms with E-state index in [0.29, 0.717) is 18.3 Å². The molecule has 5 heteroatoms. The standard InChI is InChI=1S/C15H18N2O3/c1-15(2,19-12-6-4-3-5-7-12)14-16-13(17-20-14)11-8-9-18-10-11/h3-7,11H,8-10H2,1-2H3/t11-/m1/s1. The monoisotopic (exact) mass is 274 g/mol. The molecule has 2 aromatic rings. The molecule has 0 aliphatic carbocycles. The van der Waals surface area contributed by atoms with E-state index in [1.807, 2.05) is 44.2 Å². The molecule has 0 saturated carbocycles. The van der Waals surface area contributed by atoms with Crippen LogP contribution < -0.4 is 4.74 Å². The van der Waals surface area contributed by atoms with Crippen LogP contribution in [-0.2, 0) is 10.3 Å². The molecule has 0 bridgehead atoms. The van der Waals surface area contributed by atoms with E-state index in [9.17, 15) is 0 Å². The second kappa shape index (κ2) is 5.25. The van der Waals surface area contributed by atoms with E-state index in [-0.39, 0.29) is 5.92 Å². The van der Waals surface area contributed by atoms with Crippen LogP contribution in [0.5, 0.6) is 5.75 Å². The fourth-order valence-electron chi connectivity index (χ4n) is 2.21. The first-order chi connectivity index (χ1) is 9.65. The smallest absolute Gasteiger partial charge is 0.270 e. The number of hydrogen-bond acceptors (Lipinski definition) is 5. The fraction of sp³-hybridized carbons (Fsp3) is 0.467. The van der Waals surface area contributed by atoms with Gasteiger partial charge in [-0.2, -0.15) is 4.98 Å². The first-order valence-electron chi connectivity index (χ1n) is 6.81. The van der Waals surface area contributed by atoms with Crippen LogP contribution in [-0.4, -0.2) is 23.4 Å². The topological polar surface area (TPSA) is 57.4 Å². The number of rotatable bonds is 4. The van der Waals surface area contributed by atoms with Gasteiger partial charge in [0.25, 0.3) is 5.89 Å². The predicted molar refractivity (Wildman–Crippen MR) is 72.6 cm³/mol. The third-order valence-electron chi connectivity index (χ3n) is 3.37. The van der Waals surface area contributed by atoms with Crippen molar-refractivity contribution in [2.24, 2.45) is 0 Å². The fourth-order valence-corrected chi connectivity index (χ4v) is 2.21. The second-order valence-corrected chi connectivity index (χ2v) is 5.44. The molecule has 2 heterocycles. The van der Waals surface area contributed by atoms with Crippen molar-refractivity contribution < 1.29 is 14.0 Å². The van der Waals surface area contributed by atoms with Crippen molar-refractivity contribution in [1.29, 1.82) is 0 Å². The minimum atomic E-state index is -0.661. The molecule has 1 aromatic carbocycles. The van der Waals surface area contributed by atoms with Crippen molar-refractivity contribution in [1.82, 2.24) is 10.1 Å². The van der Waals surface area contributed by atoms with E-state index in [1.54, 1.807) is 0 Å². The largest absolute Gasteiger partial charge is 0.478 e. The van der Waals surface area contributed by atoms with E-state index in [0.717, 1.165) is 18.8 Å². The maximum absolute atomic E-state index is 5.94. The van der Waals surface area contributed by atoms with E-state index < -0.39 is 5.60 Å². The van der Waals surface area contributed by atoms with Gasteiger partial charge in [-0.05, 0) is 32.4 Å². The molecule has 1 fully saturated rings. The Balaban J connectivity index is 1.77. The molecule has 20 heavy (non-hydrogen) atoms. The average molecular weight is 274 g/mol. The number of nitrogens with zero attached hydrogens (tertiary/aromatic N) is 2. The number of hydrogen-bond donors (Lipinski definition) is 0. The molecule has 1 aliphatic rings. The summed E-state index contributed by atoms with van der Waals surface area (Å²) in [7, 11) is 0. The first-order valence-corrected chi connectivity index (χ1v) is 6.81. The summed E-state index contributed by atoms with van der Waals surface area (Å²) in [6.07, 6.45) is 0.943. The van der Waals surface area contributed by atoms with E-state index in [1.165, 1.54) is 0 Å². The number of aromatic nitrogens is 2. The van der Waals surface area contributed by atoms with Gasteiger partial charge in [0.2, 0.25) is 0 Å². The minimum Gasteiger partial charge on any atom is -0.478 e. The summed E-state index contributed by atoms with van der Waals surface area (Å²) >= 11 is 0. The van der Waals surface area contributed by atoms with Gasteiger partial charge >= 0.3 is 0 Å². The van der Waals surface area contributed by atoms with E-state index >= 15 is 0 Å². The molecule has 0 N–H and O–H groups in total. The highest BCUT2D eigenvalue weighted by molar-refractivity contribution is 5.22. The van der Waals surface area contributed by atoms with Gasteiger partial charge < -0.3 is 14.0 Å². The summed E-state index contributed by atoms with van der Waals surface area (Å²) in [5, 5.41) is 4.06. The predicted octanol–water partition coefficient (Wildman–Crippen LogP) is 2.89. The Morgan fingerprint density at radius 1 is 1.25 bits per heavy atom. The highest BCUT2D eigenvalue weighted by Crippen LogP contribution is 2.29. The summed E-state index contributed by atoms with van der Waals surface area (Å²) in [4.78, 5) is 4.48. The Labute approximate surface area is 117 Å². The van der Waals surface area contributed by atoms with Gasteiger partial charge in [0.05, 0.1) is 6.61 Å². The molecule has 1 aromatic heterocycles. The van der Waals surface area contributed by atoms with Crippen LogP contribution in [0, 0.1) is 0 Å². The molecule has 106 valence electrons. The molecule has 0 radical (unpaired) electrons. The first kappa shape index (κ1) is 13.1. The van der Waals surface area contributed by atoms with E-state index in [4.69, 9.17) is 14.0 Å². The Morgan fingerprint density at radius 3 is 2.75 bits per heavy atom. The van der Waals surface area contributed by atoms with Crippen molar-refractivity contribution in [2.45, 2.75) is 31.8 Å². The van der Waals surface area contributed by atoms with Gasteiger partial charge in [0.1, 0.15) is 5.75 Å². The van der Waals surface area contributed by atoms with E-state index in [2.05, 4.69) is 10.1 Å². The van der Waals surface area contributed by atoms with Crippen molar-refractivity contribution in [2.75, 3.05) is 13.2 Å². The van der Waals surface area contributed by atoms with Gasteiger partial charge in [0.15, 0.2) is 11.4 Å². The third-order valence-corrected chi connectivity index (χ3v) is 3.37. The number of para-hydroxylation sites is 1. The van der Waals surface area contributed by atoms with Crippen LogP contribution in [0.2, 0.25) is 0 Å². The van der Waals surface area contributed by atoms with Gasteiger partial charge in [-0.1, -0.05) is 23.4 Å². The Hall–Kier alpha value is -1.88. The maximum Gasteiger partial charge on any atom is 0.270 e. The van der Waals surface area contributed by atoms with Gasteiger partial charge in [-0.25, -0.2) is 0 Å². The Kier molecular flexibility index (Phi) is 3.44. The zero-order chi connectivity index (χ0) is 14.0. The van der Waals surface area contributed by atoms with Crippen LogP contribution in [0.3, 0.4) is 0 Å². The SMILES string of the molecule is CC(C)(Oc1ccccc1)c1nc([C@@H]2CCOC2)no1. The molecular formula is C15H18N2O3. The number of benzene rings is 1. The Bertz CT molecular complexity index is 560. The van der Waals surface area contributed by atoms with Crippen LogP contribution in [0.15, 0.2) is 34.9 Å². The summed E-state index contributed by atoms with van der Waals surface area (Å²) < 4.78 is 16.7. The summed E-state index contributed by atoms with van der Waals surface area (Å²) in [5.41, 5.74) is -0.661. The lowest BCUT2D eigenvalue weighted by molar-refractivity contribution is 0.0692. The molecule has 0 unspecified atom stereocenters. The van der Waals surface area contributed by atoms with Gasteiger partial charge in [0, 0.05) is 12.5 Å². The third kappa shape index (κ3) is 2.67. The molecule has 1 saturated heterocycles. The summed E-state index contributed by atoms with van der Waals surface area (Å²) in [6, 6.07) is 9.62.